The highest BCUT2D eigenvalue weighted by Crippen LogP contribution is 2.18. The average molecular weight is 335 g/mol. The van der Waals surface area contributed by atoms with Crippen molar-refractivity contribution >= 4 is 5.97 Å². The van der Waals surface area contributed by atoms with E-state index in [1.807, 2.05) is 31.2 Å². The number of carboxylic acids is 1. The molecule has 0 aromatic carbocycles. The number of rotatable bonds is 14. The second-order valence-electron chi connectivity index (χ2n) is 6.36. The van der Waals surface area contributed by atoms with E-state index in [1.165, 1.54) is 0 Å². The number of hydrogen-bond donors (Lipinski definition) is 2. The van der Waals surface area contributed by atoms with Gasteiger partial charge in [-0.25, -0.2) is 0 Å². The van der Waals surface area contributed by atoms with E-state index in [2.05, 4.69) is 31.2 Å². The van der Waals surface area contributed by atoms with Crippen LogP contribution in [0.2, 0.25) is 0 Å². The van der Waals surface area contributed by atoms with Crippen molar-refractivity contribution in [1.29, 1.82) is 0 Å². The van der Waals surface area contributed by atoms with Gasteiger partial charge in [0, 0.05) is 6.42 Å². The van der Waals surface area contributed by atoms with Crippen LogP contribution in [0.25, 0.3) is 0 Å². The average Bonchev–Trinajstić information content (AvgIpc) is 2.53. The zero-order valence-corrected chi connectivity index (χ0v) is 15.3. The second-order valence-corrected chi connectivity index (χ2v) is 6.36. The Balaban J connectivity index is 3.68. The summed E-state index contributed by atoms with van der Waals surface area (Å²) in [4.78, 5) is 10.3. The summed E-state index contributed by atoms with van der Waals surface area (Å²) in [6, 6.07) is 0. The van der Waals surface area contributed by atoms with Gasteiger partial charge in [0.2, 0.25) is 0 Å². The van der Waals surface area contributed by atoms with Crippen LogP contribution in [0.1, 0.15) is 71.6 Å². The molecule has 0 rings (SSSR count). The fourth-order valence-corrected chi connectivity index (χ4v) is 2.15. The summed E-state index contributed by atoms with van der Waals surface area (Å²) in [6.45, 7) is 4.03. The van der Waals surface area contributed by atoms with Gasteiger partial charge in [0.05, 0.1) is 5.60 Å². The molecule has 1 unspecified atom stereocenters. The second kappa shape index (κ2) is 14.9. The highest BCUT2D eigenvalue weighted by Gasteiger charge is 2.16. The van der Waals surface area contributed by atoms with Gasteiger partial charge in [0.25, 0.3) is 0 Å². The molecule has 2 N–H and O–H groups in total. The Morgan fingerprint density at radius 2 is 1.58 bits per heavy atom. The number of carbonyl (C=O) groups is 1. The Bertz CT molecular complexity index is 428. The number of aliphatic hydroxyl groups is 1. The summed E-state index contributed by atoms with van der Waals surface area (Å²) < 4.78 is 0. The molecule has 0 amide bonds. The summed E-state index contributed by atoms with van der Waals surface area (Å²) in [6.07, 6.45) is 23.7. The van der Waals surface area contributed by atoms with Crippen LogP contribution in [0.4, 0.5) is 0 Å². The van der Waals surface area contributed by atoms with Crippen LogP contribution in [-0.2, 0) is 4.79 Å². The van der Waals surface area contributed by atoms with Crippen LogP contribution in [0, 0.1) is 0 Å². The third-order valence-corrected chi connectivity index (χ3v) is 3.65. The van der Waals surface area contributed by atoms with Crippen molar-refractivity contribution in [2.45, 2.75) is 77.2 Å². The van der Waals surface area contributed by atoms with Crippen LogP contribution in [-0.4, -0.2) is 21.8 Å². The Kier molecular flexibility index (Phi) is 13.9. The molecule has 24 heavy (non-hydrogen) atoms. The van der Waals surface area contributed by atoms with E-state index in [4.69, 9.17) is 5.11 Å². The molecule has 1 atom stereocenters. The molecular weight excluding hydrogens is 300 g/mol. The van der Waals surface area contributed by atoms with E-state index in [0.717, 1.165) is 38.5 Å². The smallest absolute Gasteiger partial charge is 0.303 e. The zero-order chi connectivity index (χ0) is 18.1. The van der Waals surface area contributed by atoms with E-state index in [-0.39, 0.29) is 6.42 Å². The van der Waals surface area contributed by atoms with Crippen LogP contribution in [0.3, 0.4) is 0 Å². The van der Waals surface area contributed by atoms with Gasteiger partial charge in [0.15, 0.2) is 0 Å². The topological polar surface area (TPSA) is 57.5 Å². The Hall–Kier alpha value is -1.61. The highest BCUT2D eigenvalue weighted by atomic mass is 16.4. The van der Waals surface area contributed by atoms with Crippen LogP contribution >= 0.6 is 0 Å². The molecule has 0 saturated carbocycles. The van der Waals surface area contributed by atoms with Crippen molar-refractivity contribution in [1.82, 2.24) is 0 Å². The predicted octanol–water partition coefficient (Wildman–Crippen LogP) is 5.58. The first-order valence-corrected chi connectivity index (χ1v) is 9.04. The third kappa shape index (κ3) is 16.8. The van der Waals surface area contributed by atoms with E-state index >= 15 is 0 Å². The number of carboxylic acid groups (broad SMARTS) is 1. The number of allylic oxidation sites excluding steroid dienone is 7. The summed E-state index contributed by atoms with van der Waals surface area (Å²) in [7, 11) is 0. The van der Waals surface area contributed by atoms with E-state index in [9.17, 15) is 9.90 Å². The lowest BCUT2D eigenvalue weighted by Gasteiger charge is -2.20. The summed E-state index contributed by atoms with van der Waals surface area (Å²) in [5, 5.41) is 18.6. The number of unbranched alkanes of at least 4 members (excludes halogenated alkanes) is 2. The molecule has 0 aromatic rings. The molecule has 0 aliphatic rings. The summed E-state index contributed by atoms with van der Waals surface area (Å²) >= 11 is 0. The maximum atomic E-state index is 10.3. The molecule has 0 heterocycles. The standard InChI is InChI=1S/C21H34O3/c1-3-4-18-21(2,24)19-16-14-12-10-8-6-5-7-9-11-13-15-17-20(22)23/h5-6,9-12,14,16,24H,3-4,7-8,13,15,17-19H2,1-2H3,(H,22,23)/b6-5-,11-9-,12-10-,16-14+. The molecule has 0 aromatic heterocycles. The highest BCUT2D eigenvalue weighted by molar-refractivity contribution is 5.66. The van der Waals surface area contributed by atoms with Crippen molar-refractivity contribution in [3.63, 3.8) is 0 Å². The molecule has 0 fully saturated rings. The van der Waals surface area contributed by atoms with Crippen LogP contribution < -0.4 is 0 Å². The predicted molar refractivity (Wildman–Crippen MR) is 102 cm³/mol. The van der Waals surface area contributed by atoms with Crippen molar-refractivity contribution < 1.29 is 15.0 Å². The Morgan fingerprint density at radius 1 is 0.958 bits per heavy atom. The van der Waals surface area contributed by atoms with Gasteiger partial charge in [-0.15, -0.1) is 0 Å². The number of hydrogen-bond acceptors (Lipinski definition) is 2. The molecule has 0 radical (unpaired) electrons. The Labute approximate surface area is 147 Å². The van der Waals surface area contributed by atoms with Gasteiger partial charge in [-0.05, 0) is 45.4 Å². The van der Waals surface area contributed by atoms with Gasteiger partial charge < -0.3 is 10.2 Å². The third-order valence-electron chi connectivity index (χ3n) is 3.65. The van der Waals surface area contributed by atoms with E-state index in [1.54, 1.807) is 0 Å². The lowest BCUT2D eigenvalue weighted by Crippen LogP contribution is -2.22. The van der Waals surface area contributed by atoms with Crippen molar-refractivity contribution in [2.24, 2.45) is 0 Å². The van der Waals surface area contributed by atoms with Gasteiger partial charge in [-0.1, -0.05) is 68.4 Å². The van der Waals surface area contributed by atoms with Crippen molar-refractivity contribution in [3.8, 4) is 0 Å². The molecule has 0 spiro atoms. The fourth-order valence-electron chi connectivity index (χ4n) is 2.15. The molecule has 0 aliphatic heterocycles. The fraction of sp³-hybridized carbons (Fsp3) is 0.571. The normalized spacial score (nSPS) is 15.1. The molecule has 0 aliphatic carbocycles. The van der Waals surface area contributed by atoms with Gasteiger partial charge in [-0.3, -0.25) is 4.79 Å². The van der Waals surface area contributed by atoms with Gasteiger partial charge in [-0.2, -0.15) is 0 Å². The minimum Gasteiger partial charge on any atom is -0.481 e. The maximum Gasteiger partial charge on any atom is 0.303 e. The minimum atomic E-state index is -0.728. The summed E-state index contributed by atoms with van der Waals surface area (Å²) in [5.41, 5.74) is -0.586. The monoisotopic (exact) mass is 334 g/mol. The maximum absolute atomic E-state index is 10.3. The zero-order valence-electron chi connectivity index (χ0n) is 15.3. The number of aliphatic carboxylic acids is 1. The van der Waals surface area contributed by atoms with Gasteiger partial charge in [0.1, 0.15) is 0 Å². The molecule has 3 heteroatoms. The lowest BCUT2D eigenvalue weighted by molar-refractivity contribution is -0.137. The van der Waals surface area contributed by atoms with Crippen LogP contribution in [0.5, 0.6) is 0 Å². The van der Waals surface area contributed by atoms with Crippen molar-refractivity contribution in [2.75, 3.05) is 0 Å². The minimum absolute atomic E-state index is 0.243. The van der Waals surface area contributed by atoms with Crippen molar-refractivity contribution in [3.05, 3.63) is 48.6 Å². The largest absolute Gasteiger partial charge is 0.481 e. The first-order chi connectivity index (χ1) is 11.5. The first-order valence-electron chi connectivity index (χ1n) is 9.04. The quantitative estimate of drug-likeness (QED) is 0.248. The van der Waals surface area contributed by atoms with E-state index in [0.29, 0.717) is 12.8 Å². The van der Waals surface area contributed by atoms with Gasteiger partial charge >= 0.3 is 5.97 Å². The lowest BCUT2D eigenvalue weighted by atomic mass is 9.95. The molecule has 0 bridgehead atoms. The first kappa shape index (κ1) is 22.4. The SMILES string of the molecule is CCCCC(C)(O)C/C=C/C=C\C/C=C\C/C=C\CCCC(=O)O. The molecule has 3 nitrogen and oxygen atoms in total. The molecule has 0 saturated heterocycles. The molecular formula is C21H34O3. The Morgan fingerprint density at radius 3 is 2.25 bits per heavy atom. The van der Waals surface area contributed by atoms with E-state index < -0.39 is 11.6 Å². The summed E-state index contributed by atoms with van der Waals surface area (Å²) in [5.74, 6) is -0.728. The molecule has 136 valence electrons. The van der Waals surface area contributed by atoms with Crippen LogP contribution in [0.15, 0.2) is 48.6 Å².